The van der Waals surface area contributed by atoms with Gasteiger partial charge in [-0.2, -0.15) is 0 Å². The minimum absolute atomic E-state index is 0.255. The lowest BCUT2D eigenvalue weighted by atomic mass is 10.1. The third-order valence-electron chi connectivity index (χ3n) is 1.37. The Balaban J connectivity index is 2.63. The zero-order valence-corrected chi connectivity index (χ0v) is 6.28. The monoisotopic (exact) mass is 151 g/mol. The second-order valence-electron chi connectivity index (χ2n) is 2.34. The van der Waals surface area contributed by atoms with Crippen molar-refractivity contribution in [2.75, 3.05) is 0 Å². The van der Waals surface area contributed by atoms with Crippen molar-refractivity contribution >= 4 is 0 Å². The number of aryl methyl sites for hydroxylation is 1. The van der Waals surface area contributed by atoms with Gasteiger partial charge in [-0.25, -0.2) is 0 Å². The van der Waals surface area contributed by atoms with Crippen LogP contribution in [0, 0.1) is 11.8 Å². The Hall–Kier alpha value is -1.38. The SMILES string of the molecule is Cc1cccc(CON=O)c1. The minimum atomic E-state index is 0.255. The van der Waals surface area contributed by atoms with Crippen molar-refractivity contribution < 1.29 is 4.84 Å². The molecule has 11 heavy (non-hydrogen) atoms. The number of nitrogens with zero attached hydrogens (tertiary/aromatic N) is 1. The molecular weight excluding hydrogens is 142 g/mol. The maximum absolute atomic E-state index is 9.59. The summed E-state index contributed by atoms with van der Waals surface area (Å²) in [5, 5.41) is 2.31. The van der Waals surface area contributed by atoms with Crippen LogP contribution < -0.4 is 0 Å². The summed E-state index contributed by atoms with van der Waals surface area (Å²) < 4.78 is 0. The topological polar surface area (TPSA) is 38.7 Å². The van der Waals surface area contributed by atoms with Gasteiger partial charge in [-0.3, -0.25) is 0 Å². The van der Waals surface area contributed by atoms with Gasteiger partial charge in [0.25, 0.3) is 0 Å². The maximum atomic E-state index is 9.59. The first-order valence-corrected chi connectivity index (χ1v) is 3.33. The van der Waals surface area contributed by atoms with Gasteiger partial charge in [-0.15, -0.1) is 4.91 Å². The lowest BCUT2D eigenvalue weighted by Gasteiger charge is -1.97. The Morgan fingerprint density at radius 3 is 3.00 bits per heavy atom. The van der Waals surface area contributed by atoms with Gasteiger partial charge in [-0.05, 0) is 12.5 Å². The average Bonchev–Trinajstić information content (AvgIpc) is 2.01. The fraction of sp³-hybridized carbons (Fsp3) is 0.250. The van der Waals surface area contributed by atoms with Crippen molar-refractivity contribution in [3.05, 3.63) is 40.3 Å². The van der Waals surface area contributed by atoms with E-state index < -0.39 is 0 Å². The van der Waals surface area contributed by atoms with E-state index in [1.165, 1.54) is 0 Å². The molecule has 0 atom stereocenters. The molecule has 0 aromatic heterocycles. The summed E-state index contributed by atoms with van der Waals surface area (Å²) in [6.07, 6.45) is 0. The normalized spacial score (nSPS) is 9.18. The molecule has 0 aliphatic rings. The van der Waals surface area contributed by atoms with Gasteiger partial charge in [0.1, 0.15) is 6.61 Å². The molecule has 1 aromatic rings. The molecule has 0 unspecified atom stereocenters. The van der Waals surface area contributed by atoms with Crippen LogP contribution in [0.5, 0.6) is 0 Å². The molecular formula is C8H9NO2. The molecule has 58 valence electrons. The largest absolute Gasteiger partial charge is 0.359 e. The lowest BCUT2D eigenvalue weighted by molar-refractivity contribution is 0.126. The number of hydrogen-bond acceptors (Lipinski definition) is 3. The van der Waals surface area contributed by atoms with E-state index in [0.717, 1.165) is 11.1 Å². The van der Waals surface area contributed by atoms with E-state index in [0.29, 0.717) is 0 Å². The zero-order chi connectivity index (χ0) is 8.10. The Labute approximate surface area is 64.9 Å². The highest BCUT2D eigenvalue weighted by Gasteiger charge is 1.91. The lowest BCUT2D eigenvalue weighted by Crippen LogP contribution is -1.85. The van der Waals surface area contributed by atoms with Crippen LogP contribution in [0.4, 0.5) is 0 Å². The van der Waals surface area contributed by atoms with Crippen LogP contribution in [-0.4, -0.2) is 0 Å². The van der Waals surface area contributed by atoms with Gasteiger partial charge in [0.05, 0.1) is 0 Å². The number of hydrogen-bond donors (Lipinski definition) is 0. The predicted octanol–water partition coefficient (Wildman–Crippen LogP) is 2.19. The first-order valence-electron chi connectivity index (χ1n) is 3.33. The molecule has 3 heteroatoms. The minimum Gasteiger partial charge on any atom is -0.359 e. The van der Waals surface area contributed by atoms with E-state index in [1.54, 1.807) is 0 Å². The molecule has 1 aromatic carbocycles. The molecule has 0 amide bonds. The summed E-state index contributed by atoms with van der Waals surface area (Å²) in [6.45, 7) is 2.24. The molecule has 0 bridgehead atoms. The first-order chi connectivity index (χ1) is 5.33. The van der Waals surface area contributed by atoms with Gasteiger partial charge in [-0.1, -0.05) is 29.8 Å². The highest BCUT2D eigenvalue weighted by Crippen LogP contribution is 2.04. The van der Waals surface area contributed by atoms with Gasteiger partial charge >= 0.3 is 0 Å². The summed E-state index contributed by atoms with van der Waals surface area (Å²) in [7, 11) is 0. The molecule has 0 aliphatic heterocycles. The van der Waals surface area contributed by atoms with E-state index in [9.17, 15) is 4.91 Å². The molecule has 0 saturated carbocycles. The van der Waals surface area contributed by atoms with E-state index in [2.05, 4.69) is 10.2 Å². The van der Waals surface area contributed by atoms with Crippen LogP contribution in [0.3, 0.4) is 0 Å². The van der Waals surface area contributed by atoms with Crippen LogP contribution >= 0.6 is 0 Å². The van der Waals surface area contributed by atoms with E-state index >= 15 is 0 Å². The van der Waals surface area contributed by atoms with Gasteiger partial charge in [0, 0.05) is 0 Å². The standard InChI is InChI=1S/C8H9NO2/c1-7-3-2-4-8(5-7)6-11-9-10/h2-5H,6H2,1H3. The van der Waals surface area contributed by atoms with Crippen molar-refractivity contribution in [3.8, 4) is 0 Å². The maximum Gasteiger partial charge on any atom is 0.155 e. The summed E-state index contributed by atoms with van der Waals surface area (Å²) in [6, 6.07) is 7.74. The summed E-state index contributed by atoms with van der Waals surface area (Å²) in [5.41, 5.74) is 2.11. The molecule has 0 radical (unpaired) electrons. The van der Waals surface area contributed by atoms with Crippen molar-refractivity contribution in [3.63, 3.8) is 0 Å². The van der Waals surface area contributed by atoms with Gasteiger partial charge in [0.15, 0.2) is 5.34 Å². The Kier molecular flexibility index (Phi) is 2.60. The molecule has 0 saturated heterocycles. The molecule has 0 heterocycles. The van der Waals surface area contributed by atoms with Crippen LogP contribution in [-0.2, 0) is 11.4 Å². The Bertz CT molecular complexity index is 248. The second-order valence-corrected chi connectivity index (χ2v) is 2.34. The molecule has 1 rings (SSSR count). The molecule has 3 nitrogen and oxygen atoms in total. The summed E-state index contributed by atoms with van der Waals surface area (Å²) in [4.78, 5) is 13.9. The smallest absolute Gasteiger partial charge is 0.155 e. The Morgan fingerprint density at radius 2 is 2.36 bits per heavy atom. The number of benzene rings is 1. The van der Waals surface area contributed by atoms with Gasteiger partial charge < -0.3 is 4.84 Å². The van der Waals surface area contributed by atoms with E-state index in [1.807, 2.05) is 31.2 Å². The third kappa shape index (κ3) is 2.37. The van der Waals surface area contributed by atoms with Crippen LogP contribution in [0.2, 0.25) is 0 Å². The summed E-state index contributed by atoms with van der Waals surface area (Å²) in [5.74, 6) is 0. The van der Waals surface area contributed by atoms with Crippen LogP contribution in [0.1, 0.15) is 11.1 Å². The highest BCUT2D eigenvalue weighted by atomic mass is 16.7. The Morgan fingerprint density at radius 1 is 1.55 bits per heavy atom. The van der Waals surface area contributed by atoms with Crippen molar-refractivity contribution in [2.45, 2.75) is 13.5 Å². The zero-order valence-electron chi connectivity index (χ0n) is 6.28. The highest BCUT2D eigenvalue weighted by molar-refractivity contribution is 5.21. The third-order valence-corrected chi connectivity index (χ3v) is 1.37. The van der Waals surface area contributed by atoms with E-state index in [4.69, 9.17) is 0 Å². The van der Waals surface area contributed by atoms with Crippen LogP contribution in [0.15, 0.2) is 29.6 Å². The van der Waals surface area contributed by atoms with Crippen molar-refractivity contribution in [1.82, 2.24) is 0 Å². The molecule has 0 spiro atoms. The van der Waals surface area contributed by atoms with Gasteiger partial charge in [0.2, 0.25) is 0 Å². The van der Waals surface area contributed by atoms with Crippen molar-refractivity contribution in [1.29, 1.82) is 0 Å². The van der Waals surface area contributed by atoms with Crippen molar-refractivity contribution in [2.24, 2.45) is 5.34 Å². The van der Waals surface area contributed by atoms with E-state index in [-0.39, 0.29) is 6.61 Å². The summed E-state index contributed by atoms with van der Waals surface area (Å²) >= 11 is 0. The fourth-order valence-corrected chi connectivity index (χ4v) is 0.903. The van der Waals surface area contributed by atoms with Crippen LogP contribution in [0.25, 0.3) is 0 Å². The second kappa shape index (κ2) is 3.71. The molecule has 0 fully saturated rings. The first kappa shape index (κ1) is 7.72. The quantitative estimate of drug-likeness (QED) is 0.490. The number of rotatable bonds is 3. The molecule has 0 aliphatic carbocycles. The predicted molar refractivity (Wildman–Crippen MR) is 41.8 cm³/mol. The average molecular weight is 151 g/mol. The molecule has 0 N–H and O–H groups in total. The fourth-order valence-electron chi connectivity index (χ4n) is 0.903.